The summed E-state index contributed by atoms with van der Waals surface area (Å²) in [7, 11) is 0. The Kier molecular flexibility index (Phi) is 6.43. The summed E-state index contributed by atoms with van der Waals surface area (Å²) in [6, 6.07) is 2.30. The van der Waals surface area contributed by atoms with Gasteiger partial charge in [0.15, 0.2) is 0 Å². The molecule has 0 unspecified atom stereocenters. The Labute approximate surface area is 183 Å². The number of carboxylic acid groups (broad SMARTS) is 1. The van der Waals surface area contributed by atoms with E-state index in [0.717, 1.165) is 42.4 Å². The predicted octanol–water partition coefficient (Wildman–Crippen LogP) is 5.55. The molecule has 0 saturated carbocycles. The zero-order chi connectivity index (χ0) is 22.2. The van der Waals surface area contributed by atoms with Crippen LogP contribution < -0.4 is 5.32 Å². The Balaban J connectivity index is 1.85. The van der Waals surface area contributed by atoms with E-state index in [9.17, 15) is 20.0 Å². The van der Waals surface area contributed by atoms with Gasteiger partial charge < -0.3 is 10.4 Å². The lowest BCUT2D eigenvalue weighted by Gasteiger charge is -2.36. The molecule has 1 amide bonds. The zero-order valence-corrected chi connectivity index (χ0v) is 19.4. The molecule has 0 bridgehead atoms. The van der Waals surface area contributed by atoms with Gasteiger partial charge in [0.05, 0.1) is 17.4 Å². The van der Waals surface area contributed by atoms with Crippen LogP contribution in [0, 0.1) is 34.5 Å². The second-order valence-corrected chi connectivity index (χ2v) is 10.7. The number of carbonyl (C=O) groups is 2. The molecule has 0 saturated heterocycles. The van der Waals surface area contributed by atoms with E-state index in [0.29, 0.717) is 29.3 Å². The minimum absolute atomic E-state index is 0.246. The molecule has 162 valence electrons. The molecule has 30 heavy (non-hydrogen) atoms. The fourth-order valence-corrected chi connectivity index (χ4v) is 6.06. The Hall–Kier alpha value is -2.13. The quantitative estimate of drug-likeness (QED) is 0.602. The number of amides is 1. The highest BCUT2D eigenvalue weighted by atomic mass is 32.1. The summed E-state index contributed by atoms with van der Waals surface area (Å²) in [4.78, 5) is 26.0. The van der Waals surface area contributed by atoms with Crippen molar-refractivity contribution in [2.75, 3.05) is 5.32 Å². The molecule has 1 aromatic rings. The molecule has 2 aliphatic carbocycles. The van der Waals surface area contributed by atoms with Crippen molar-refractivity contribution in [2.45, 2.75) is 73.1 Å². The fourth-order valence-electron chi connectivity index (χ4n) is 4.78. The number of nitrogens with zero attached hydrogens (tertiary/aromatic N) is 1. The third kappa shape index (κ3) is 4.18. The molecule has 6 heteroatoms. The fraction of sp³-hybridized carbons (Fsp3) is 0.625. The average molecular weight is 429 g/mol. The molecule has 1 aromatic heterocycles. The van der Waals surface area contributed by atoms with Gasteiger partial charge in [-0.3, -0.25) is 9.59 Å². The molecule has 2 aliphatic rings. The van der Waals surface area contributed by atoms with Gasteiger partial charge in [-0.15, -0.1) is 11.3 Å². The van der Waals surface area contributed by atoms with E-state index in [1.165, 1.54) is 16.2 Å². The summed E-state index contributed by atoms with van der Waals surface area (Å²) >= 11 is 1.51. The summed E-state index contributed by atoms with van der Waals surface area (Å²) in [5, 5.41) is 23.0. The standard InChI is InChI=1S/C24H32N2O3S/c1-6-24(4,5)15-7-8-16-19(12-25)22(30-20(16)11-15)26-21(27)17-9-13(2)14(3)10-18(17)23(28)29/h15,17-18H,6-11H2,1-5H3,(H,26,27)(H,28,29)/t15-,17-,18-/m0/s1. The van der Waals surface area contributed by atoms with E-state index in [-0.39, 0.29) is 11.3 Å². The first-order chi connectivity index (χ1) is 14.1. The highest BCUT2D eigenvalue weighted by molar-refractivity contribution is 7.16. The molecular weight excluding hydrogens is 396 g/mol. The van der Waals surface area contributed by atoms with E-state index in [2.05, 4.69) is 32.2 Å². The van der Waals surface area contributed by atoms with Gasteiger partial charge in [0, 0.05) is 4.88 Å². The number of nitrogens with one attached hydrogen (secondary N) is 1. The number of thiophene rings is 1. The molecule has 0 spiro atoms. The van der Waals surface area contributed by atoms with Gasteiger partial charge in [-0.1, -0.05) is 38.3 Å². The number of carbonyl (C=O) groups excluding carboxylic acids is 1. The summed E-state index contributed by atoms with van der Waals surface area (Å²) in [5.41, 5.74) is 4.04. The largest absolute Gasteiger partial charge is 0.481 e. The molecule has 0 radical (unpaired) electrons. The number of allylic oxidation sites excluding steroid dienone is 2. The molecule has 0 aromatic carbocycles. The van der Waals surface area contributed by atoms with Crippen LogP contribution in [0.25, 0.3) is 0 Å². The lowest BCUT2D eigenvalue weighted by molar-refractivity contribution is -0.146. The Morgan fingerprint density at radius 3 is 2.40 bits per heavy atom. The van der Waals surface area contributed by atoms with Crippen LogP contribution in [0.4, 0.5) is 5.00 Å². The van der Waals surface area contributed by atoms with Gasteiger partial charge in [0.25, 0.3) is 0 Å². The van der Waals surface area contributed by atoms with Crippen LogP contribution in [0.3, 0.4) is 0 Å². The van der Waals surface area contributed by atoms with Crippen molar-refractivity contribution < 1.29 is 14.7 Å². The Morgan fingerprint density at radius 1 is 1.20 bits per heavy atom. The van der Waals surface area contributed by atoms with Crippen molar-refractivity contribution in [3.8, 4) is 6.07 Å². The third-order valence-corrected chi connectivity index (χ3v) is 8.72. The molecule has 5 nitrogen and oxygen atoms in total. The van der Waals surface area contributed by atoms with Gasteiger partial charge >= 0.3 is 5.97 Å². The van der Waals surface area contributed by atoms with Crippen molar-refractivity contribution in [1.29, 1.82) is 5.26 Å². The summed E-state index contributed by atoms with van der Waals surface area (Å²) in [5.74, 6) is -1.98. The maximum Gasteiger partial charge on any atom is 0.307 e. The summed E-state index contributed by atoms with van der Waals surface area (Å²) < 4.78 is 0. The van der Waals surface area contributed by atoms with Crippen molar-refractivity contribution in [2.24, 2.45) is 23.2 Å². The third-order valence-electron chi connectivity index (χ3n) is 7.55. The molecule has 1 heterocycles. The molecule has 2 N–H and O–H groups in total. The number of anilines is 1. The highest BCUT2D eigenvalue weighted by Crippen LogP contribution is 2.45. The van der Waals surface area contributed by atoms with Crippen LogP contribution >= 0.6 is 11.3 Å². The maximum absolute atomic E-state index is 13.1. The normalized spacial score (nSPS) is 24.2. The van der Waals surface area contributed by atoms with Crippen LogP contribution in [-0.2, 0) is 22.4 Å². The number of rotatable bonds is 5. The van der Waals surface area contributed by atoms with Crippen molar-refractivity contribution in [1.82, 2.24) is 0 Å². The molecule has 0 aliphatic heterocycles. The van der Waals surface area contributed by atoms with Gasteiger partial charge in [-0.05, 0) is 62.8 Å². The van der Waals surface area contributed by atoms with Crippen LogP contribution in [0.2, 0.25) is 0 Å². The van der Waals surface area contributed by atoms with Crippen LogP contribution in [0.5, 0.6) is 0 Å². The first-order valence-electron chi connectivity index (χ1n) is 10.8. The van der Waals surface area contributed by atoms with Gasteiger partial charge in [0.1, 0.15) is 11.1 Å². The second kappa shape index (κ2) is 8.55. The molecule has 3 atom stereocenters. The minimum atomic E-state index is -0.933. The smallest absolute Gasteiger partial charge is 0.307 e. The Morgan fingerprint density at radius 2 is 1.83 bits per heavy atom. The maximum atomic E-state index is 13.1. The number of carboxylic acids is 1. The molecule has 0 fully saturated rings. The van der Waals surface area contributed by atoms with Gasteiger partial charge in [-0.2, -0.15) is 5.26 Å². The molecule has 3 rings (SSSR count). The van der Waals surface area contributed by atoms with Gasteiger partial charge in [0.2, 0.25) is 5.91 Å². The number of aliphatic carboxylic acids is 1. The molecular formula is C24H32N2O3S. The Bertz CT molecular complexity index is 935. The summed E-state index contributed by atoms with van der Waals surface area (Å²) in [6.45, 7) is 10.7. The first kappa shape index (κ1) is 22.6. The van der Waals surface area contributed by atoms with Crippen LogP contribution in [0.1, 0.15) is 76.3 Å². The lowest BCUT2D eigenvalue weighted by atomic mass is 9.69. The first-order valence-corrected chi connectivity index (χ1v) is 11.6. The predicted molar refractivity (Wildman–Crippen MR) is 119 cm³/mol. The van der Waals surface area contributed by atoms with Crippen molar-refractivity contribution >= 4 is 28.2 Å². The van der Waals surface area contributed by atoms with Crippen molar-refractivity contribution in [3.63, 3.8) is 0 Å². The second-order valence-electron chi connectivity index (χ2n) is 9.61. The number of hydrogen-bond acceptors (Lipinski definition) is 4. The van der Waals surface area contributed by atoms with E-state index in [1.807, 2.05) is 13.8 Å². The van der Waals surface area contributed by atoms with E-state index < -0.39 is 17.8 Å². The van der Waals surface area contributed by atoms with Crippen molar-refractivity contribution in [3.05, 3.63) is 27.2 Å². The number of fused-ring (bicyclic) bond motifs is 1. The average Bonchev–Trinajstić information content (AvgIpc) is 3.05. The van der Waals surface area contributed by atoms with Gasteiger partial charge in [-0.25, -0.2) is 0 Å². The SMILES string of the molecule is CCC(C)(C)[C@H]1CCc2c(sc(NC(=O)[C@H]3CC(C)=C(C)C[C@@H]3C(=O)O)c2C#N)C1. The van der Waals surface area contributed by atoms with Crippen LogP contribution in [0.15, 0.2) is 11.1 Å². The topological polar surface area (TPSA) is 90.2 Å². The highest BCUT2D eigenvalue weighted by Gasteiger charge is 2.38. The summed E-state index contributed by atoms with van der Waals surface area (Å²) in [6.07, 6.45) is 4.82. The van der Waals surface area contributed by atoms with E-state index in [4.69, 9.17) is 0 Å². The van der Waals surface area contributed by atoms with E-state index in [1.54, 1.807) is 0 Å². The van der Waals surface area contributed by atoms with Crippen LogP contribution in [-0.4, -0.2) is 17.0 Å². The minimum Gasteiger partial charge on any atom is -0.481 e. The lowest BCUT2D eigenvalue weighted by Crippen LogP contribution is -2.36. The zero-order valence-electron chi connectivity index (χ0n) is 18.6. The number of hydrogen-bond donors (Lipinski definition) is 2. The number of nitriles is 1. The van der Waals surface area contributed by atoms with E-state index >= 15 is 0 Å². The monoisotopic (exact) mass is 428 g/mol.